The smallest absolute Gasteiger partial charge is 0.0702 e. The Morgan fingerprint density at radius 2 is 1.88 bits per heavy atom. The Balaban J connectivity index is 0. The van der Waals surface area contributed by atoms with Gasteiger partial charge in [0.2, 0.25) is 0 Å². The molecule has 4 heteroatoms. The summed E-state index contributed by atoms with van der Waals surface area (Å²) in [7, 11) is 2.65. The maximum absolute atomic E-state index is 4.91. The average molecular weight is 360 g/mol. The molecule has 0 fully saturated rings. The molecule has 2 atom stereocenters. The first-order valence-corrected chi connectivity index (χ1v) is 10.0. The van der Waals surface area contributed by atoms with Crippen molar-refractivity contribution in [3.63, 3.8) is 0 Å². The van der Waals surface area contributed by atoms with E-state index in [1.54, 1.807) is 7.11 Å². The first kappa shape index (κ1) is 12.5. The van der Waals surface area contributed by atoms with E-state index in [-0.39, 0.29) is 0 Å². The molecule has 0 aliphatic carbocycles. The van der Waals surface area contributed by atoms with Gasteiger partial charge in [-0.05, 0) is 13.6 Å². The van der Waals surface area contributed by atoms with E-state index >= 15 is 0 Å². The Morgan fingerprint density at radius 1 is 1.50 bits per heavy atom. The molecule has 0 rings (SSSR count). The molecule has 52 valence electrons. The zero-order valence-electron chi connectivity index (χ0n) is 5.24. The maximum Gasteiger partial charge on any atom is 0.0702 e. The second-order valence-electron chi connectivity index (χ2n) is 1.17. The molecule has 0 radical (unpaired) electrons. The third-order valence-corrected chi connectivity index (χ3v) is 1.81. The van der Waals surface area contributed by atoms with Crippen LogP contribution in [0.4, 0.5) is 0 Å². The van der Waals surface area contributed by atoms with Gasteiger partial charge in [0, 0.05) is 44.3 Å². The van der Waals surface area contributed by atoms with E-state index in [1.807, 2.05) is 0 Å². The third-order valence-electron chi connectivity index (χ3n) is 0.760. The first-order valence-electron chi connectivity index (χ1n) is 2.15. The molecule has 0 aliphatic rings. The molecule has 0 saturated carbocycles. The van der Waals surface area contributed by atoms with Crippen LogP contribution in [0.15, 0.2) is 0 Å². The SMILES string of the molecule is COC(C)PC.II. The topological polar surface area (TPSA) is 9.23 Å². The van der Waals surface area contributed by atoms with Gasteiger partial charge in [-0.3, -0.25) is 0 Å². The van der Waals surface area contributed by atoms with Gasteiger partial charge in [-0.15, -0.1) is 0 Å². The van der Waals surface area contributed by atoms with Gasteiger partial charge in [-0.25, -0.2) is 0 Å². The summed E-state index contributed by atoms with van der Waals surface area (Å²) in [5.41, 5.74) is 0. The highest BCUT2D eigenvalue weighted by Crippen LogP contribution is 2.11. The standard InChI is InChI=1S/C4H11OP.I2/c1-4(5-2)6-3;1-2/h4,6H,1-3H3;. The van der Waals surface area contributed by atoms with Crippen molar-refractivity contribution in [3.8, 4) is 0 Å². The lowest BCUT2D eigenvalue weighted by atomic mass is 10.9. The van der Waals surface area contributed by atoms with Crippen LogP contribution in [0.5, 0.6) is 0 Å². The van der Waals surface area contributed by atoms with Crippen LogP contribution in [-0.2, 0) is 4.74 Å². The number of rotatable bonds is 2. The van der Waals surface area contributed by atoms with Gasteiger partial charge >= 0.3 is 0 Å². The van der Waals surface area contributed by atoms with Crippen molar-refractivity contribution in [2.24, 2.45) is 0 Å². The molecule has 0 aromatic heterocycles. The molecule has 0 heterocycles. The molecule has 0 spiro atoms. The van der Waals surface area contributed by atoms with E-state index in [2.05, 4.69) is 50.8 Å². The largest absolute Gasteiger partial charge is 0.378 e. The summed E-state index contributed by atoms with van der Waals surface area (Å²) in [5.74, 6) is 0.463. The zero-order valence-corrected chi connectivity index (χ0v) is 10.6. The van der Waals surface area contributed by atoms with Crippen molar-refractivity contribution >= 4 is 45.8 Å². The summed E-state index contributed by atoms with van der Waals surface area (Å²) in [6, 6.07) is 0. The first-order chi connectivity index (χ1) is 3.81. The van der Waals surface area contributed by atoms with Gasteiger partial charge in [-0.1, -0.05) is 8.58 Å². The Morgan fingerprint density at radius 3 is 1.88 bits per heavy atom. The van der Waals surface area contributed by atoms with Crippen LogP contribution >= 0.6 is 45.8 Å². The monoisotopic (exact) mass is 360 g/mol. The number of hydrogen-bond acceptors (Lipinski definition) is 1. The predicted octanol–water partition coefficient (Wildman–Crippen LogP) is 3.06. The lowest BCUT2D eigenvalue weighted by Crippen LogP contribution is -1.92. The zero-order chi connectivity index (χ0) is 6.99. The highest BCUT2D eigenvalue weighted by molar-refractivity contribution is 15.0. The minimum Gasteiger partial charge on any atom is -0.378 e. The van der Waals surface area contributed by atoms with Crippen LogP contribution < -0.4 is 0 Å². The molecule has 0 bridgehead atoms. The quantitative estimate of drug-likeness (QED) is 0.544. The fraction of sp³-hybridized carbons (Fsp3) is 1.00. The summed E-state index contributed by atoms with van der Waals surface area (Å²) < 4.78 is 4.91. The Kier molecular flexibility index (Phi) is 18.2. The van der Waals surface area contributed by atoms with Crippen LogP contribution in [-0.4, -0.2) is 19.6 Å². The summed E-state index contributed by atoms with van der Waals surface area (Å²) in [4.78, 5) is 0. The van der Waals surface area contributed by atoms with Crippen LogP contribution in [0.1, 0.15) is 6.92 Å². The molecule has 0 saturated heterocycles. The molecular weight excluding hydrogens is 349 g/mol. The summed E-state index contributed by atoms with van der Waals surface area (Å²) in [6.07, 6.45) is 0. The van der Waals surface area contributed by atoms with Crippen LogP contribution in [0.2, 0.25) is 0 Å². The van der Waals surface area contributed by atoms with E-state index in [0.717, 1.165) is 8.58 Å². The molecule has 0 N–H and O–H groups in total. The van der Waals surface area contributed by atoms with E-state index in [9.17, 15) is 0 Å². The van der Waals surface area contributed by atoms with Crippen LogP contribution in [0, 0.1) is 0 Å². The van der Waals surface area contributed by atoms with E-state index < -0.39 is 0 Å². The summed E-state index contributed by atoms with van der Waals surface area (Å²) >= 11 is 4.24. The van der Waals surface area contributed by atoms with Crippen molar-refractivity contribution in [1.82, 2.24) is 0 Å². The van der Waals surface area contributed by atoms with Gasteiger partial charge in [-0.2, -0.15) is 0 Å². The highest BCUT2D eigenvalue weighted by Gasteiger charge is 1.87. The number of hydrogen-bond donors (Lipinski definition) is 0. The Hall–Kier alpha value is 1.85. The maximum atomic E-state index is 4.91. The molecule has 0 aromatic rings. The van der Waals surface area contributed by atoms with E-state index in [1.165, 1.54) is 0 Å². The van der Waals surface area contributed by atoms with E-state index in [4.69, 9.17) is 4.74 Å². The highest BCUT2D eigenvalue weighted by atomic mass is 128. The fourth-order valence-electron chi connectivity index (χ4n) is 0.118. The van der Waals surface area contributed by atoms with Crippen molar-refractivity contribution < 1.29 is 4.74 Å². The van der Waals surface area contributed by atoms with Gasteiger partial charge in [0.05, 0.1) is 5.85 Å². The average Bonchev–Trinajstić information content (AvgIpc) is 1.91. The van der Waals surface area contributed by atoms with Crippen molar-refractivity contribution in [1.29, 1.82) is 0 Å². The fourth-order valence-corrected chi connectivity index (χ4v) is 0.354. The van der Waals surface area contributed by atoms with E-state index in [0.29, 0.717) is 5.85 Å². The van der Waals surface area contributed by atoms with Gasteiger partial charge in [0.15, 0.2) is 0 Å². The number of ether oxygens (including phenoxy) is 1. The molecule has 0 amide bonds. The Labute approximate surface area is 76.4 Å². The predicted molar refractivity (Wildman–Crippen MR) is 58.8 cm³/mol. The van der Waals surface area contributed by atoms with Crippen molar-refractivity contribution in [3.05, 3.63) is 0 Å². The van der Waals surface area contributed by atoms with Crippen LogP contribution in [0.25, 0.3) is 0 Å². The second kappa shape index (κ2) is 11.6. The molecule has 0 aromatic carbocycles. The molecule has 2 unspecified atom stereocenters. The molecule has 0 aliphatic heterocycles. The van der Waals surface area contributed by atoms with Gasteiger partial charge in [0.1, 0.15) is 0 Å². The van der Waals surface area contributed by atoms with Crippen LogP contribution in [0.3, 0.4) is 0 Å². The molecule has 8 heavy (non-hydrogen) atoms. The van der Waals surface area contributed by atoms with Gasteiger partial charge < -0.3 is 4.74 Å². The second-order valence-corrected chi connectivity index (χ2v) is 2.56. The van der Waals surface area contributed by atoms with Gasteiger partial charge in [0.25, 0.3) is 0 Å². The summed E-state index contributed by atoms with van der Waals surface area (Å²) in [6.45, 7) is 4.20. The normalized spacial score (nSPS) is 13.1. The minimum absolute atomic E-state index is 0.463. The number of halogens is 2. The molecular formula is C4H11I2OP. The van der Waals surface area contributed by atoms with Crippen molar-refractivity contribution in [2.75, 3.05) is 13.8 Å². The third kappa shape index (κ3) is 10.8. The molecule has 1 nitrogen and oxygen atoms in total. The minimum atomic E-state index is 0.463. The van der Waals surface area contributed by atoms with Crippen molar-refractivity contribution in [2.45, 2.75) is 12.8 Å². The Bertz CT molecular complexity index is 33.2. The lowest BCUT2D eigenvalue weighted by Gasteiger charge is -2.01. The lowest BCUT2D eigenvalue weighted by molar-refractivity contribution is 0.185. The number of methoxy groups -OCH3 is 1. The summed E-state index contributed by atoms with van der Waals surface area (Å²) in [5, 5.41) is 0.